The molecule has 7 N–H and O–H groups in total. The first-order chi connectivity index (χ1) is 59.3. The zero-order chi connectivity index (χ0) is 93.4. The van der Waals surface area contributed by atoms with Crippen LogP contribution in [-0.4, -0.2) is 93.2 Å². The highest BCUT2D eigenvalue weighted by molar-refractivity contribution is 7.49. The number of hydrogen-bond donors (Lipinski definition) is 7. The summed E-state index contributed by atoms with van der Waals surface area (Å²) in [5, 5.41) is 0. The molecule has 0 aliphatic heterocycles. The van der Waals surface area contributed by atoms with Crippen LogP contribution in [0.3, 0.4) is 0 Å². The lowest BCUT2D eigenvalue weighted by molar-refractivity contribution is -0.156. The van der Waals surface area contributed by atoms with Gasteiger partial charge in [0, 0.05) is 12.7 Å². The van der Waals surface area contributed by atoms with Crippen molar-refractivity contribution in [1.29, 1.82) is 0 Å². The molecule has 8 unspecified atom stereocenters. The van der Waals surface area contributed by atoms with Crippen LogP contribution < -0.4 is 45.2 Å². The van der Waals surface area contributed by atoms with Gasteiger partial charge in [0.05, 0.1) is 32.0 Å². The lowest BCUT2D eigenvalue weighted by Crippen LogP contribution is -2.16. The standard InChI is InChI=1S/C14H23O4P.C13H10F3O4P.2C13H13O4P.C12H15O6P.C9H13O5P.C8H8F3O4P/c1-3-5-9-13(4-2)12-17-19(15,16)18-14-10-7-6-8-11-14;14-13(15,16)10-6-8-12(9-7-10)20-21(17,18)19-11-4-2-1-3-5-11;1-11-7-5-6-10-13(11)17-18(14,15)16-12-8-3-2-4-9-12;1-11-7-9-13(10-8-11)17-18(14,15)16-12-5-3-2-4-6-12;1-10(2)12(13)16-8-9-17-19(14,15)18-11-6-4-3-5-7-11;1-12-7-8-13-15(10,11)14-9-5-3-2-4-6-9;9-8(10,11)6-14-16(12,13)15-7-4-2-1-3-5-7/h6-8,10-11,13H,3-5,9,12H2,1-2H3,(H,15,16);1-9H,(H,17,18);2*2-10H,1H3,(H,14,15);3-7H,1,8-9H2,2H3,(H,14,15);2-6H,7-8H2,1H3,(H,10,11);1-5H,6H2,(H,12,13). The first kappa shape index (κ1) is 108. The largest absolute Gasteiger partial charge is 0.584 e. The van der Waals surface area contributed by atoms with E-state index < -0.39 is 85.3 Å². The maximum atomic E-state index is 12.4. The molecule has 686 valence electrons. The van der Waals surface area contributed by atoms with Gasteiger partial charge in [0.25, 0.3) is 0 Å². The predicted octanol–water partition coefficient (Wildman–Crippen LogP) is 22.6. The second-order valence-electron chi connectivity index (χ2n) is 25.2. The summed E-state index contributed by atoms with van der Waals surface area (Å²) in [6.45, 7) is 11.1. The predicted molar refractivity (Wildman–Crippen MR) is 455 cm³/mol. The van der Waals surface area contributed by atoms with Gasteiger partial charge in [-0.25, -0.2) is 36.7 Å². The Labute approximate surface area is 724 Å². The van der Waals surface area contributed by atoms with E-state index >= 15 is 0 Å². The first-order valence-electron chi connectivity index (χ1n) is 37.1. The van der Waals surface area contributed by atoms with E-state index in [0.717, 1.165) is 61.1 Å². The summed E-state index contributed by atoms with van der Waals surface area (Å²) >= 11 is 0. The minimum absolute atomic E-state index is 0.0110. The second kappa shape index (κ2) is 55.0. The van der Waals surface area contributed by atoms with Crippen molar-refractivity contribution in [1.82, 2.24) is 0 Å². The second-order valence-corrected chi connectivity index (χ2v) is 34.6. The Bertz CT molecular complexity index is 5130. The Morgan fingerprint density at radius 3 is 0.952 bits per heavy atom. The molecule has 0 amide bonds. The molecule has 31 nitrogen and oxygen atoms in total. The van der Waals surface area contributed by atoms with Gasteiger partial charge in [0.1, 0.15) is 64.1 Å². The normalized spacial score (nSPS) is 14.4. The molecule has 0 spiro atoms. The highest BCUT2D eigenvalue weighted by atomic mass is 31.2. The van der Waals surface area contributed by atoms with Crippen LogP contribution in [0.2, 0.25) is 0 Å². The van der Waals surface area contributed by atoms with E-state index in [4.69, 9.17) is 54.9 Å². The molecule has 8 atom stereocenters. The molecule has 0 saturated carbocycles. The minimum atomic E-state index is -4.73. The van der Waals surface area contributed by atoms with Gasteiger partial charge in [-0.3, -0.25) is 52.3 Å². The Balaban J connectivity index is 0.000000309. The number of phosphoric acid groups is 7. The summed E-state index contributed by atoms with van der Waals surface area (Å²) in [4.78, 5) is 77.1. The van der Waals surface area contributed by atoms with E-state index in [1.54, 1.807) is 207 Å². The minimum Gasteiger partial charge on any atom is -0.460 e. The molecule has 10 aromatic carbocycles. The number of alkyl halides is 6. The van der Waals surface area contributed by atoms with E-state index in [9.17, 15) is 92.5 Å². The fourth-order valence-corrected chi connectivity index (χ4v) is 14.3. The maximum absolute atomic E-state index is 12.4. The summed E-state index contributed by atoms with van der Waals surface area (Å²) in [7, 11) is -28.3. The van der Waals surface area contributed by atoms with Gasteiger partial charge < -0.3 is 54.7 Å². The zero-order valence-electron chi connectivity index (χ0n) is 68.3. The molecule has 0 heterocycles. The number of ether oxygens (including phenoxy) is 2. The van der Waals surface area contributed by atoms with E-state index in [1.165, 1.54) is 62.6 Å². The number of carbonyl (C=O) groups is 1. The van der Waals surface area contributed by atoms with Gasteiger partial charge in [-0.15, -0.1) is 0 Å². The number of unbranched alkanes of at least 4 members (excludes halogenated alkanes) is 1. The number of halogens is 6. The highest BCUT2D eigenvalue weighted by Gasteiger charge is 2.36. The van der Waals surface area contributed by atoms with Crippen LogP contribution >= 0.6 is 54.8 Å². The van der Waals surface area contributed by atoms with Crippen LogP contribution in [0.15, 0.2) is 297 Å². The van der Waals surface area contributed by atoms with E-state index in [2.05, 4.69) is 43.3 Å². The number of hydrogen-bond acceptors (Lipinski definition) is 24. The molecular formula is C82H95F6O31P7. The third-order valence-corrected chi connectivity index (χ3v) is 20.9. The van der Waals surface area contributed by atoms with Crippen molar-refractivity contribution >= 4 is 60.7 Å². The number of carbonyl (C=O) groups excluding carboxylic acids is 1. The number of rotatable bonds is 38. The van der Waals surface area contributed by atoms with E-state index in [-0.39, 0.29) is 73.1 Å². The van der Waals surface area contributed by atoms with Gasteiger partial charge in [-0.1, -0.05) is 203 Å². The smallest absolute Gasteiger partial charge is 0.460 e. The number of para-hydroxylation sites is 8. The van der Waals surface area contributed by atoms with Crippen LogP contribution in [0, 0.1) is 19.8 Å². The molecule has 10 rings (SSSR count). The molecule has 10 aromatic rings. The van der Waals surface area contributed by atoms with Crippen molar-refractivity contribution in [3.63, 3.8) is 0 Å². The van der Waals surface area contributed by atoms with Crippen LogP contribution in [-0.2, 0) is 70.5 Å². The van der Waals surface area contributed by atoms with Crippen LogP contribution in [0.25, 0.3) is 0 Å². The topological polar surface area (TPSA) is 426 Å². The Morgan fingerprint density at radius 2 is 0.651 bits per heavy atom. The van der Waals surface area contributed by atoms with Crippen molar-refractivity contribution in [2.24, 2.45) is 5.92 Å². The third-order valence-electron chi connectivity index (χ3n) is 14.6. The fraction of sp³-hybridized carbons (Fsp3) is 0.232. The number of benzene rings is 10. The Hall–Kier alpha value is -9.88. The van der Waals surface area contributed by atoms with Crippen LogP contribution in [0.4, 0.5) is 26.3 Å². The Morgan fingerprint density at radius 1 is 0.365 bits per heavy atom. The average Bonchev–Trinajstić information content (AvgIpc) is 0.836. The highest BCUT2D eigenvalue weighted by Crippen LogP contribution is 2.50. The van der Waals surface area contributed by atoms with Crippen molar-refractivity contribution in [3.05, 3.63) is 314 Å². The summed E-state index contributed by atoms with van der Waals surface area (Å²) in [6, 6.07) is 73.9. The van der Waals surface area contributed by atoms with E-state index in [0.29, 0.717) is 28.9 Å². The van der Waals surface area contributed by atoms with Gasteiger partial charge in [0.15, 0.2) is 6.61 Å². The van der Waals surface area contributed by atoms with E-state index in [1.807, 2.05) is 19.1 Å². The summed E-state index contributed by atoms with van der Waals surface area (Å²) < 4.78 is 229. The molecule has 0 fully saturated rings. The number of methoxy groups -OCH3 is 1. The molecule has 0 aromatic heterocycles. The van der Waals surface area contributed by atoms with Crippen LogP contribution in [0.1, 0.15) is 63.1 Å². The van der Waals surface area contributed by atoms with Crippen molar-refractivity contribution in [2.75, 3.05) is 46.8 Å². The van der Waals surface area contributed by atoms with Crippen molar-refractivity contribution < 1.29 is 170 Å². The third kappa shape index (κ3) is 50.5. The average molecular weight is 1910 g/mol. The molecule has 0 aliphatic rings. The van der Waals surface area contributed by atoms with Gasteiger partial charge in [-0.05, 0) is 166 Å². The molecule has 0 aliphatic carbocycles. The molecule has 0 radical (unpaired) electrons. The van der Waals surface area contributed by atoms with Crippen molar-refractivity contribution in [2.45, 2.75) is 72.7 Å². The summed E-state index contributed by atoms with van der Waals surface area (Å²) in [5.74, 6) is 1.63. The SMILES string of the molecule is C=C(C)C(=O)OCCOP(=O)(O)Oc1ccccc1.CCCCC(CC)COP(=O)(O)Oc1ccccc1.COCCOP(=O)(O)Oc1ccccc1.Cc1ccc(OP(=O)(O)Oc2ccccc2)cc1.Cc1ccccc1OP(=O)(O)Oc1ccccc1.O=P(O)(OCC(F)(F)F)Oc1ccccc1.O=P(O)(Oc1ccccc1)Oc1ccc(C(F)(F)F)cc1. The monoisotopic (exact) mass is 1910 g/mol. The molecule has 44 heteroatoms. The number of phosphoric ester groups is 7. The number of aryl methyl sites for hydroxylation is 2. The Kier molecular flexibility index (Phi) is 47.3. The van der Waals surface area contributed by atoms with Gasteiger partial charge >= 0.3 is 73.1 Å². The molecule has 0 saturated heterocycles. The fourth-order valence-electron chi connectivity index (χ4n) is 8.72. The summed E-state index contributed by atoms with van der Waals surface area (Å²) in [6.07, 6.45) is -4.99. The van der Waals surface area contributed by atoms with Gasteiger partial charge in [0.2, 0.25) is 0 Å². The molecular weight excluding hydrogens is 1810 g/mol. The number of esters is 1. The zero-order valence-corrected chi connectivity index (χ0v) is 74.6. The van der Waals surface area contributed by atoms with Crippen molar-refractivity contribution in [3.8, 4) is 57.5 Å². The maximum Gasteiger partial charge on any atom is 0.584 e. The lowest BCUT2D eigenvalue weighted by Gasteiger charge is -2.17. The lowest BCUT2D eigenvalue weighted by atomic mass is 10.0. The van der Waals surface area contributed by atoms with Gasteiger partial charge in [-0.2, -0.15) is 26.3 Å². The summed E-state index contributed by atoms with van der Waals surface area (Å²) in [5.41, 5.74) is 1.17. The first-order valence-corrected chi connectivity index (χ1v) is 47.6. The van der Waals surface area contributed by atoms with Crippen LogP contribution in [0.5, 0.6) is 57.5 Å². The molecule has 126 heavy (non-hydrogen) atoms. The quantitative estimate of drug-likeness (QED) is 0.00621. The molecule has 0 bridgehead atoms.